The zero-order chi connectivity index (χ0) is 13.3. The Morgan fingerprint density at radius 1 is 1.24 bits per heavy atom. The van der Waals surface area contributed by atoms with Gasteiger partial charge >= 0.3 is 0 Å². The van der Waals surface area contributed by atoms with Crippen LogP contribution in [0.4, 0.5) is 0 Å². The first-order chi connectivity index (χ1) is 7.85. The number of hydrogen-bond acceptors (Lipinski definition) is 4. The highest BCUT2D eigenvalue weighted by Crippen LogP contribution is 2.11. The van der Waals surface area contributed by atoms with Crippen molar-refractivity contribution >= 4 is 19.7 Å². The molecule has 0 aliphatic rings. The lowest BCUT2D eigenvalue weighted by molar-refractivity contribution is -0.00727. The molecular formula is C11H23ClO4S. The molecule has 0 radical (unpaired) electrons. The van der Waals surface area contributed by atoms with Crippen molar-refractivity contribution in [1.82, 2.24) is 0 Å². The van der Waals surface area contributed by atoms with Crippen LogP contribution in [0.3, 0.4) is 0 Å². The Hall–Kier alpha value is 0.160. The minimum Gasteiger partial charge on any atom is -0.379 e. The Balaban J connectivity index is 3.54. The van der Waals surface area contributed by atoms with Gasteiger partial charge in [0.25, 0.3) is 0 Å². The molecule has 0 N–H and O–H groups in total. The van der Waals surface area contributed by atoms with E-state index in [2.05, 4.69) is 0 Å². The normalized spacial score (nSPS) is 15.8. The van der Waals surface area contributed by atoms with Crippen LogP contribution >= 0.6 is 10.7 Å². The second-order valence-corrected chi connectivity index (χ2v) is 7.16. The van der Waals surface area contributed by atoms with Crippen LogP contribution in [-0.2, 0) is 18.5 Å². The maximum absolute atomic E-state index is 10.8. The lowest BCUT2D eigenvalue weighted by Crippen LogP contribution is -2.18. The van der Waals surface area contributed by atoms with Gasteiger partial charge in [0.05, 0.1) is 18.5 Å². The smallest absolute Gasteiger partial charge is 0.232 e. The molecule has 0 fully saturated rings. The number of ether oxygens (including phenoxy) is 2. The number of hydrogen-bond donors (Lipinski definition) is 0. The maximum atomic E-state index is 10.8. The zero-order valence-electron chi connectivity index (χ0n) is 10.8. The topological polar surface area (TPSA) is 52.6 Å². The van der Waals surface area contributed by atoms with Crippen molar-refractivity contribution in [2.24, 2.45) is 5.92 Å². The molecule has 0 aliphatic carbocycles. The van der Waals surface area contributed by atoms with E-state index in [0.29, 0.717) is 32.2 Å². The molecule has 0 saturated heterocycles. The van der Waals surface area contributed by atoms with Crippen molar-refractivity contribution < 1.29 is 17.9 Å². The van der Waals surface area contributed by atoms with Gasteiger partial charge in [0.15, 0.2) is 0 Å². The van der Waals surface area contributed by atoms with Crippen LogP contribution in [0.25, 0.3) is 0 Å². The average molecular weight is 287 g/mol. The largest absolute Gasteiger partial charge is 0.379 e. The third-order valence-electron chi connectivity index (χ3n) is 2.42. The molecule has 0 aromatic rings. The first-order valence-corrected chi connectivity index (χ1v) is 8.44. The van der Waals surface area contributed by atoms with Crippen molar-refractivity contribution in [2.45, 2.75) is 39.7 Å². The lowest BCUT2D eigenvalue weighted by Gasteiger charge is -2.15. The summed E-state index contributed by atoms with van der Waals surface area (Å²) in [5, 5.41) is 0. The number of halogens is 1. The molecule has 4 nitrogen and oxygen atoms in total. The molecule has 2 unspecified atom stereocenters. The molecule has 17 heavy (non-hydrogen) atoms. The summed E-state index contributed by atoms with van der Waals surface area (Å²) in [5.41, 5.74) is 0. The van der Waals surface area contributed by atoms with E-state index < -0.39 is 9.05 Å². The van der Waals surface area contributed by atoms with E-state index in [1.165, 1.54) is 0 Å². The minimum atomic E-state index is -3.36. The highest BCUT2D eigenvalue weighted by Gasteiger charge is 2.10. The van der Waals surface area contributed by atoms with Crippen LogP contribution in [0.15, 0.2) is 0 Å². The van der Waals surface area contributed by atoms with E-state index in [1.807, 2.05) is 20.8 Å². The fourth-order valence-electron chi connectivity index (χ4n) is 1.29. The Morgan fingerprint density at radius 3 is 2.41 bits per heavy atom. The highest BCUT2D eigenvalue weighted by molar-refractivity contribution is 8.13. The monoisotopic (exact) mass is 286 g/mol. The molecule has 0 rings (SSSR count). The molecule has 2 atom stereocenters. The Kier molecular flexibility index (Phi) is 9.22. The summed E-state index contributed by atoms with van der Waals surface area (Å²) >= 11 is 0. The fraction of sp³-hybridized carbons (Fsp3) is 1.00. The fourth-order valence-corrected chi connectivity index (χ4v) is 2.24. The minimum absolute atomic E-state index is 0.0320. The van der Waals surface area contributed by atoms with Gasteiger partial charge in [-0.3, -0.25) is 0 Å². The third kappa shape index (κ3) is 12.4. The Morgan fingerprint density at radius 2 is 1.88 bits per heavy atom. The van der Waals surface area contributed by atoms with Crippen molar-refractivity contribution in [3.8, 4) is 0 Å². The van der Waals surface area contributed by atoms with E-state index in [4.69, 9.17) is 20.2 Å². The summed E-state index contributed by atoms with van der Waals surface area (Å²) in [7, 11) is 1.78. The summed E-state index contributed by atoms with van der Waals surface area (Å²) < 4.78 is 32.3. The second kappa shape index (κ2) is 9.14. The van der Waals surface area contributed by atoms with Crippen LogP contribution in [-0.4, -0.2) is 40.1 Å². The van der Waals surface area contributed by atoms with Gasteiger partial charge in [0.1, 0.15) is 0 Å². The van der Waals surface area contributed by atoms with E-state index in [0.717, 1.165) is 6.42 Å². The van der Waals surface area contributed by atoms with Crippen molar-refractivity contribution in [1.29, 1.82) is 0 Å². The van der Waals surface area contributed by atoms with E-state index in [1.54, 1.807) is 0 Å². The Labute approximate surface area is 109 Å². The first-order valence-electron chi connectivity index (χ1n) is 5.96. The predicted octanol–water partition coefficient (Wildman–Crippen LogP) is 2.41. The highest BCUT2D eigenvalue weighted by atomic mass is 35.7. The third-order valence-corrected chi connectivity index (χ3v) is 3.61. The van der Waals surface area contributed by atoms with Crippen LogP contribution in [0.1, 0.15) is 33.6 Å². The maximum Gasteiger partial charge on any atom is 0.232 e. The van der Waals surface area contributed by atoms with Gasteiger partial charge < -0.3 is 9.47 Å². The van der Waals surface area contributed by atoms with Crippen LogP contribution < -0.4 is 0 Å². The molecule has 0 saturated carbocycles. The van der Waals surface area contributed by atoms with Gasteiger partial charge in [0, 0.05) is 23.9 Å². The van der Waals surface area contributed by atoms with Gasteiger partial charge in [-0.05, 0) is 32.6 Å². The molecule has 6 heteroatoms. The molecular weight excluding hydrogens is 264 g/mol. The van der Waals surface area contributed by atoms with Gasteiger partial charge in [-0.25, -0.2) is 8.42 Å². The van der Waals surface area contributed by atoms with Crippen LogP contribution in [0, 0.1) is 5.92 Å². The van der Waals surface area contributed by atoms with Crippen molar-refractivity contribution in [3.05, 3.63) is 0 Å². The molecule has 0 heterocycles. The van der Waals surface area contributed by atoms with Crippen molar-refractivity contribution in [2.75, 3.05) is 25.6 Å². The molecule has 0 aromatic heterocycles. The first kappa shape index (κ1) is 17.2. The molecule has 0 aromatic carbocycles. The summed E-state index contributed by atoms with van der Waals surface area (Å²) in [6.07, 6.45) is 1.50. The van der Waals surface area contributed by atoms with E-state index in [9.17, 15) is 8.42 Å². The molecule has 0 aliphatic heterocycles. The lowest BCUT2D eigenvalue weighted by atomic mass is 10.1. The molecule has 0 bridgehead atoms. The van der Waals surface area contributed by atoms with Crippen LogP contribution in [0.5, 0.6) is 0 Å². The Bertz CT molecular complexity index is 279. The van der Waals surface area contributed by atoms with Gasteiger partial charge in [-0.15, -0.1) is 0 Å². The van der Waals surface area contributed by atoms with Gasteiger partial charge in [0.2, 0.25) is 9.05 Å². The summed E-state index contributed by atoms with van der Waals surface area (Å²) in [4.78, 5) is 0. The van der Waals surface area contributed by atoms with Gasteiger partial charge in [-0.2, -0.15) is 0 Å². The molecule has 0 spiro atoms. The van der Waals surface area contributed by atoms with Crippen LogP contribution in [0.2, 0.25) is 0 Å². The number of rotatable bonds is 10. The SMILES string of the molecule is CCOCC(C)OCCC(C)CCS(=O)(=O)Cl. The summed E-state index contributed by atoms with van der Waals surface area (Å²) in [5.74, 6) is 0.326. The quantitative estimate of drug-likeness (QED) is 0.579. The standard InChI is InChI=1S/C11H23ClO4S/c1-4-15-9-11(3)16-7-5-10(2)6-8-17(12,13)14/h10-11H,4-9H2,1-3H3. The average Bonchev–Trinajstić information content (AvgIpc) is 2.22. The summed E-state index contributed by atoms with van der Waals surface area (Å²) in [6.45, 7) is 7.82. The molecule has 104 valence electrons. The summed E-state index contributed by atoms with van der Waals surface area (Å²) in [6, 6.07) is 0. The zero-order valence-corrected chi connectivity index (χ0v) is 12.4. The predicted molar refractivity (Wildman–Crippen MR) is 69.9 cm³/mol. The second-order valence-electron chi connectivity index (χ2n) is 4.27. The van der Waals surface area contributed by atoms with Crippen molar-refractivity contribution in [3.63, 3.8) is 0 Å². The van der Waals surface area contributed by atoms with E-state index >= 15 is 0 Å². The molecule has 0 amide bonds. The van der Waals surface area contributed by atoms with Gasteiger partial charge in [-0.1, -0.05) is 6.92 Å². The van der Waals surface area contributed by atoms with E-state index in [-0.39, 0.29) is 11.9 Å².